The first-order valence-electron chi connectivity index (χ1n) is 4.91. The van der Waals surface area contributed by atoms with Crippen molar-refractivity contribution in [1.82, 2.24) is 10.2 Å². The molecule has 2 N–H and O–H groups in total. The van der Waals surface area contributed by atoms with Crippen molar-refractivity contribution < 1.29 is 14.7 Å². The van der Waals surface area contributed by atoms with Gasteiger partial charge in [0.25, 0.3) is 0 Å². The van der Waals surface area contributed by atoms with Crippen LogP contribution in [0.2, 0.25) is 0 Å². The summed E-state index contributed by atoms with van der Waals surface area (Å²) < 4.78 is 0. The third kappa shape index (κ3) is 1.32. The van der Waals surface area contributed by atoms with Gasteiger partial charge >= 0.3 is 6.09 Å². The summed E-state index contributed by atoms with van der Waals surface area (Å²) in [6.07, 6.45) is 2.89. The van der Waals surface area contributed by atoms with E-state index in [1.165, 1.54) is 4.90 Å². The van der Waals surface area contributed by atoms with Gasteiger partial charge in [0.2, 0.25) is 5.91 Å². The number of hydrogen-bond acceptors (Lipinski definition) is 2. The molecule has 2 fully saturated rings. The van der Waals surface area contributed by atoms with Gasteiger partial charge in [-0.25, -0.2) is 4.79 Å². The van der Waals surface area contributed by atoms with Crippen LogP contribution in [0.1, 0.15) is 25.7 Å². The fraction of sp³-hybridized carbons (Fsp3) is 0.778. The molecule has 0 aromatic carbocycles. The van der Waals surface area contributed by atoms with Crippen LogP contribution in [0.15, 0.2) is 0 Å². The molecule has 1 heterocycles. The molecule has 0 bridgehead atoms. The van der Waals surface area contributed by atoms with Crippen LogP contribution in [0.3, 0.4) is 0 Å². The van der Waals surface area contributed by atoms with E-state index >= 15 is 0 Å². The van der Waals surface area contributed by atoms with Gasteiger partial charge < -0.3 is 10.4 Å². The Morgan fingerprint density at radius 3 is 2.64 bits per heavy atom. The number of hydrogen-bond donors (Lipinski definition) is 2. The van der Waals surface area contributed by atoms with Gasteiger partial charge in [-0.3, -0.25) is 9.69 Å². The SMILES string of the molecule is O=C1CN(C(=O)O)C2(CCCC2)CN1. The number of carbonyl (C=O) groups is 2. The van der Waals surface area contributed by atoms with E-state index in [0.717, 1.165) is 25.7 Å². The second-order valence-electron chi connectivity index (χ2n) is 4.08. The Kier molecular flexibility index (Phi) is 2.09. The predicted molar refractivity (Wildman–Crippen MR) is 48.9 cm³/mol. The Morgan fingerprint density at radius 1 is 1.43 bits per heavy atom. The molecule has 1 saturated carbocycles. The molecule has 2 amide bonds. The van der Waals surface area contributed by atoms with Gasteiger partial charge in [-0.1, -0.05) is 12.8 Å². The maximum atomic E-state index is 11.1. The zero-order valence-electron chi connectivity index (χ0n) is 7.95. The van der Waals surface area contributed by atoms with Gasteiger partial charge in [0.1, 0.15) is 6.54 Å². The second-order valence-corrected chi connectivity index (χ2v) is 4.08. The Labute approximate surface area is 82.1 Å². The average molecular weight is 198 g/mol. The molecule has 0 aromatic heterocycles. The summed E-state index contributed by atoms with van der Waals surface area (Å²) in [5, 5.41) is 11.8. The van der Waals surface area contributed by atoms with Crippen molar-refractivity contribution in [1.29, 1.82) is 0 Å². The number of amides is 2. The largest absolute Gasteiger partial charge is 0.465 e. The minimum absolute atomic E-state index is 0.00463. The van der Waals surface area contributed by atoms with Crippen molar-refractivity contribution in [2.75, 3.05) is 13.1 Å². The first-order valence-corrected chi connectivity index (χ1v) is 4.91. The minimum Gasteiger partial charge on any atom is -0.465 e. The summed E-state index contributed by atoms with van der Waals surface area (Å²) in [6.45, 7) is 0.480. The van der Waals surface area contributed by atoms with E-state index in [0.29, 0.717) is 6.54 Å². The number of carbonyl (C=O) groups excluding carboxylic acids is 1. The number of nitrogens with zero attached hydrogens (tertiary/aromatic N) is 1. The summed E-state index contributed by atoms with van der Waals surface area (Å²) >= 11 is 0. The third-order valence-corrected chi connectivity index (χ3v) is 3.25. The zero-order chi connectivity index (χ0) is 10.2. The highest BCUT2D eigenvalue weighted by atomic mass is 16.4. The van der Waals surface area contributed by atoms with Crippen LogP contribution >= 0.6 is 0 Å². The topological polar surface area (TPSA) is 69.6 Å². The molecule has 1 saturated heterocycles. The lowest BCUT2D eigenvalue weighted by atomic mass is 9.93. The van der Waals surface area contributed by atoms with E-state index in [9.17, 15) is 9.59 Å². The lowest BCUT2D eigenvalue weighted by molar-refractivity contribution is -0.127. The van der Waals surface area contributed by atoms with Gasteiger partial charge in [-0.2, -0.15) is 0 Å². The van der Waals surface area contributed by atoms with E-state index in [2.05, 4.69) is 5.32 Å². The normalized spacial score (nSPS) is 25.1. The molecule has 0 radical (unpaired) electrons. The molecule has 5 heteroatoms. The molecule has 0 unspecified atom stereocenters. The first-order chi connectivity index (χ1) is 6.64. The molecule has 5 nitrogen and oxygen atoms in total. The van der Waals surface area contributed by atoms with Crippen molar-refractivity contribution in [3.63, 3.8) is 0 Å². The first kappa shape index (κ1) is 9.30. The molecule has 1 aliphatic carbocycles. The van der Waals surface area contributed by atoms with Gasteiger partial charge in [-0.05, 0) is 12.8 Å². The highest BCUT2D eigenvalue weighted by Crippen LogP contribution is 2.36. The predicted octanol–water partition coefficient (Wildman–Crippen LogP) is 0.409. The van der Waals surface area contributed by atoms with Crippen LogP contribution in [0.4, 0.5) is 4.79 Å². The Balaban J connectivity index is 2.21. The van der Waals surface area contributed by atoms with Crippen molar-refractivity contribution in [3.05, 3.63) is 0 Å². The summed E-state index contributed by atoms with van der Waals surface area (Å²) in [4.78, 5) is 23.4. The summed E-state index contributed by atoms with van der Waals surface area (Å²) in [7, 11) is 0. The highest BCUT2D eigenvalue weighted by Gasteiger charge is 2.45. The van der Waals surface area contributed by atoms with Gasteiger partial charge in [-0.15, -0.1) is 0 Å². The van der Waals surface area contributed by atoms with E-state index in [1.807, 2.05) is 0 Å². The number of nitrogens with one attached hydrogen (secondary N) is 1. The molecular formula is C9H14N2O3. The maximum absolute atomic E-state index is 11.1. The lowest BCUT2D eigenvalue weighted by Crippen LogP contribution is -2.63. The number of carboxylic acid groups (broad SMARTS) is 1. The molecule has 0 aromatic rings. The summed E-state index contributed by atoms with van der Waals surface area (Å²) in [5.74, 6) is -0.190. The Hall–Kier alpha value is -1.26. The van der Waals surface area contributed by atoms with E-state index < -0.39 is 6.09 Å². The van der Waals surface area contributed by atoms with Crippen molar-refractivity contribution >= 4 is 12.0 Å². The van der Waals surface area contributed by atoms with E-state index in [1.54, 1.807) is 0 Å². The fourth-order valence-electron chi connectivity index (χ4n) is 2.48. The molecular weight excluding hydrogens is 184 g/mol. The molecule has 2 rings (SSSR count). The molecule has 2 aliphatic rings. The average Bonchev–Trinajstić information content (AvgIpc) is 2.59. The van der Waals surface area contributed by atoms with Gasteiger partial charge in [0.15, 0.2) is 0 Å². The summed E-state index contributed by atoms with van der Waals surface area (Å²) in [5.41, 5.74) is -0.306. The van der Waals surface area contributed by atoms with Crippen molar-refractivity contribution in [2.24, 2.45) is 0 Å². The van der Waals surface area contributed by atoms with E-state index in [4.69, 9.17) is 5.11 Å². The monoisotopic (exact) mass is 198 g/mol. The van der Waals surface area contributed by atoms with Gasteiger partial charge in [0.05, 0.1) is 5.54 Å². The van der Waals surface area contributed by atoms with Gasteiger partial charge in [0, 0.05) is 6.54 Å². The fourth-order valence-corrected chi connectivity index (χ4v) is 2.48. The molecule has 0 atom stereocenters. The Morgan fingerprint density at radius 2 is 2.07 bits per heavy atom. The van der Waals surface area contributed by atoms with Crippen LogP contribution in [0, 0.1) is 0 Å². The second kappa shape index (κ2) is 3.15. The Bertz CT molecular complexity index is 271. The summed E-state index contributed by atoms with van der Waals surface area (Å²) in [6, 6.07) is 0. The lowest BCUT2D eigenvalue weighted by Gasteiger charge is -2.42. The van der Waals surface area contributed by atoms with Crippen LogP contribution in [-0.4, -0.2) is 40.6 Å². The number of rotatable bonds is 0. The smallest absolute Gasteiger partial charge is 0.408 e. The maximum Gasteiger partial charge on any atom is 0.408 e. The number of piperazine rings is 1. The van der Waals surface area contributed by atoms with Crippen molar-refractivity contribution in [3.8, 4) is 0 Å². The molecule has 78 valence electrons. The van der Waals surface area contributed by atoms with E-state index in [-0.39, 0.29) is 18.0 Å². The molecule has 1 spiro atoms. The quantitative estimate of drug-likeness (QED) is 0.592. The standard InChI is InChI=1S/C9H14N2O3/c12-7-5-11(8(13)14)9(6-10-7)3-1-2-4-9/h1-6H2,(H,10,12)(H,13,14). The molecule has 14 heavy (non-hydrogen) atoms. The van der Waals surface area contributed by atoms with Crippen LogP contribution in [0.25, 0.3) is 0 Å². The zero-order valence-corrected chi connectivity index (χ0v) is 7.95. The van der Waals surface area contributed by atoms with Crippen LogP contribution in [-0.2, 0) is 4.79 Å². The highest BCUT2D eigenvalue weighted by molar-refractivity contribution is 5.83. The van der Waals surface area contributed by atoms with Crippen molar-refractivity contribution in [2.45, 2.75) is 31.2 Å². The van der Waals surface area contributed by atoms with Crippen LogP contribution < -0.4 is 5.32 Å². The van der Waals surface area contributed by atoms with Crippen LogP contribution in [0.5, 0.6) is 0 Å². The minimum atomic E-state index is -0.971. The molecule has 1 aliphatic heterocycles. The third-order valence-electron chi connectivity index (χ3n) is 3.25.